The molecule has 0 saturated carbocycles. The minimum Gasteiger partial charge on any atom is -0.494 e. The van der Waals surface area contributed by atoms with Gasteiger partial charge in [0.25, 0.3) is 0 Å². The normalized spacial score (nSPS) is 10.6. The Morgan fingerprint density at radius 2 is 1.10 bits per heavy atom. The molecule has 0 aliphatic rings. The lowest BCUT2D eigenvalue weighted by Gasteiger charge is -2.07. The predicted octanol–water partition coefficient (Wildman–Crippen LogP) is 7.49. The van der Waals surface area contributed by atoms with E-state index in [2.05, 4.69) is 0 Å². The van der Waals surface area contributed by atoms with Crippen LogP contribution >= 0.6 is 11.6 Å². The maximum absolute atomic E-state index is 11.6. The van der Waals surface area contributed by atoms with E-state index in [-0.39, 0.29) is 5.97 Å². The molecule has 0 amide bonds. The second kappa shape index (κ2) is 15.6. The molecule has 0 bridgehead atoms. The largest absolute Gasteiger partial charge is 0.494 e. The highest BCUT2D eigenvalue weighted by molar-refractivity contribution is 6.30. The Balaban J connectivity index is 1.37. The van der Waals surface area contributed by atoms with Gasteiger partial charge in [-0.25, -0.2) is 4.79 Å². The molecular weight excluding hydrogens is 412 g/mol. The number of carbonyl (C=O) groups is 1. The van der Waals surface area contributed by atoms with E-state index in [1.165, 1.54) is 44.9 Å². The minimum absolute atomic E-state index is 0.291. The summed E-state index contributed by atoms with van der Waals surface area (Å²) < 4.78 is 16.4. The van der Waals surface area contributed by atoms with Crippen molar-refractivity contribution in [3.05, 3.63) is 59.1 Å². The van der Waals surface area contributed by atoms with Crippen LogP contribution in [0.2, 0.25) is 5.02 Å². The van der Waals surface area contributed by atoms with Crippen LogP contribution in [0, 0.1) is 0 Å². The summed E-state index contributed by atoms with van der Waals surface area (Å²) in [6.07, 6.45) is 11.0. The molecule has 0 atom stereocenters. The number of hydrogen-bond donors (Lipinski definition) is 0. The summed E-state index contributed by atoms with van der Waals surface area (Å²) in [5.74, 6) is 1.40. The fourth-order valence-electron chi connectivity index (χ4n) is 3.25. The second-order valence-corrected chi connectivity index (χ2v) is 8.01. The van der Waals surface area contributed by atoms with Gasteiger partial charge in [-0.2, -0.15) is 0 Å². The summed E-state index contributed by atoms with van der Waals surface area (Å²) in [6.45, 7) is 3.67. The molecule has 0 aliphatic heterocycles. The van der Waals surface area contributed by atoms with Crippen molar-refractivity contribution < 1.29 is 19.0 Å². The van der Waals surface area contributed by atoms with E-state index in [0.717, 1.165) is 36.0 Å². The number of benzene rings is 2. The third-order valence-corrected chi connectivity index (χ3v) is 5.26. The molecular formula is C26H35ClO4. The maximum atomic E-state index is 11.6. The van der Waals surface area contributed by atoms with Gasteiger partial charge in [-0.1, -0.05) is 56.5 Å². The van der Waals surface area contributed by atoms with E-state index in [1.807, 2.05) is 36.4 Å². The van der Waals surface area contributed by atoms with Crippen LogP contribution in [0.4, 0.5) is 0 Å². The van der Waals surface area contributed by atoms with Crippen molar-refractivity contribution in [1.82, 2.24) is 0 Å². The van der Waals surface area contributed by atoms with Crippen LogP contribution in [0.5, 0.6) is 11.5 Å². The first kappa shape index (κ1) is 25.1. The van der Waals surface area contributed by atoms with Gasteiger partial charge in [-0.05, 0) is 68.3 Å². The van der Waals surface area contributed by atoms with Gasteiger partial charge in [-0.15, -0.1) is 0 Å². The fraction of sp³-hybridized carbons (Fsp3) is 0.500. The van der Waals surface area contributed by atoms with E-state index >= 15 is 0 Å². The number of halogens is 1. The van der Waals surface area contributed by atoms with Crippen molar-refractivity contribution in [3.63, 3.8) is 0 Å². The summed E-state index contributed by atoms with van der Waals surface area (Å²) in [6, 6.07) is 14.7. The molecule has 2 aromatic carbocycles. The predicted molar refractivity (Wildman–Crippen MR) is 126 cm³/mol. The van der Waals surface area contributed by atoms with E-state index in [1.54, 1.807) is 19.1 Å². The lowest BCUT2D eigenvalue weighted by atomic mass is 10.1. The molecule has 0 fully saturated rings. The zero-order valence-electron chi connectivity index (χ0n) is 18.6. The fourth-order valence-corrected chi connectivity index (χ4v) is 3.38. The van der Waals surface area contributed by atoms with Gasteiger partial charge in [-0.3, -0.25) is 0 Å². The SMILES string of the molecule is CCOC(=O)c1ccc(OCCCCCCCCCCCOc2ccc(Cl)cc2)cc1. The van der Waals surface area contributed by atoms with Gasteiger partial charge in [0.05, 0.1) is 25.4 Å². The molecule has 2 rings (SSSR count). The first-order valence-corrected chi connectivity index (χ1v) is 11.8. The Bertz CT molecular complexity index is 728. The topological polar surface area (TPSA) is 44.8 Å². The Kier molecular flexibility index (Phi) is 12.6. The zero-order valence-corrected chi connectivity index (χ0v) is 19.4. The molecule has 0 N–H and O–H groups in total. The summed E-state index contributed by atoms with van der Waals surface area (Å²) in [7, 11) is 0. The lowest BCUT2D eigenvalue weighted by Crippen LogP contribution is -2.04. The third kappa shape index (κ3) is 11.1. The summed E-state index contributed by atoms with van der Waals surface area (Å²) in [5, 5.41) is 0.738. The van der Waals surface area contributed by atoms with Crippen LogP contribution in [0.1, 0.15) is 75.1 Å². The van der Waals surface area contributed by atoms with E-state index in [0.29, 0.717) is 18.8 Å². The van der Waals surface area contributed by atoms with Gasteiger partial charge in [0.2, 0.25) is 0 Å². The van der Waals surface area contributed by atoms with E-state index in [4.69, 9.17) is 25.8 Å². The average molecular weight is 447 g/mol. The molecule has 0 spiro atoms. The summed E-state index contributed by atoms with van der Waals surface area (Å²) in [5.41, 5.74) is 0.559. The number of esters is 1. The number of unbranched alkanes of at least 4 members (excludes halogenated alkanes) is 8. The Labute approximate surface area is 191 Å². The lowest BCUT2D eigenvalue weighted by molar-refractivity contribution is 0.0526. The second-order valence-electron chi connectivity index (χ2n) is 7.58. The van der Waals surface area contributed by atoms with Crippen molar-refractivity contribution in [3.8, 4) is 11.5 Å². The first-order chi connectivity index (χ1) is 15.2. The minimum atomic E-state index is -0.291. The van der Waals surface area contributed by atoms with Gasteiger partial charge >= 0.3 is 5.97 Å². The van der Waals surface area contributed by atoms with Crippen LogP contribution < -0.4 is 9.47 Å². The molecule has 4 nitrogen and oxygen atoms in total. The van der Waals surface area contributed by atoms with Gasteiger partial charge in [0.15, 0.2) is 0 Å². The molecule has 0 radical (unpaired) electrons. The average Bonchev–Trinajstić information content (AvgIpc) is 2.78. The Morgan fingerprint density at radius 3 is 1.55 bits per heavy atom. The van der Waals surface area contributed by atoms with Crippen molar-refractivity contribution in [2.75, 3.05) is 19.8 Å². The van der Waals surface area contributed by atoms with Crippen LogP contribution in [0.25, 0.3) is 0 Å². The molecule has 31 heavy (non-hydrogen) atoms. The smallest absolute Gasteiger partial charge is 0.338 e. The van der Waals surface area contributed by atoms with Crippen LogP contribution in [0.15, 0.2) is 48.5 Å². The summed E-state index contributed by atoms with van der Waals surface area (Å²) in [4.78, 5) is 11.6. The number of hydrogen-bond acceptors (Lipinski definition) is 4. The maximum Gasteiger partial charge on any atom is 0.338 e. The molecule has 170 valence electrons. The molecule has 0 aromatic heterocycles. The van der Waals surface area contributed by atoms with E-state index in [9.17, 15) is 4.79 Å². The monoisotopic (exact) mass is 446 g/mol. The summed E-state index contributed by atoms with van der Waals surface area (Å²) >= 11 is 5.86. The van der Waals surface area contributed by atoms with E-state index < -0.39 is 0 Å². The molecule has 0 saturated heterocycles. The highest BCUT2D eigenvalue weighted by atomic mass is 35.5. The molecule has 5 heteroatoms. The highest BCUT2D eigenvalue weighted by Crippen LogP contribution is 2.17. The van der Waals surface area contributed by atoms with Crippen LogP contribution in [0.3, 0.4) is 0 Å². The standard InChI is InChI=1S/C26H35ClO4/c1-2-29-26(28)22-12-16-24(17-13-22)30-20-10-8-6-4-3-5-7-9-11-21-31-25-18-14-23(27)15-19-25/h12-19H,2-11,20-21H2,1H3. The van der Waals surface area contributed by atoms with Crippen molar-refractivity contribution in [2.24, 2.45) is 0 Å². The third-order valence-electron chi connectivity index (χ3n) is 5.01. The zero-order chi connectivity index (χ0) is 22.2. The first-order valence-electron chi connectivity index (χ1n) is 11.5. The molecule has 0 aliphatic carbocycles. The molecule has 0 unspecified atom stereocenters. The quantitative estimate of drug-likeness (QED) is 0.198. The van der Waals surface area contributed by atoms with Crippen LogP contribution in [-0.2, 0) is 4.74 Å². The molecule has 0 heterocycles. The number of rotatable bonds is 16. The molecule has 2 aromatic rings. The van der Waals surface area contributed by atoms with Crippen molar-refractivity contribution >= 4 is 17.6 Å². The van der Waals surface area contributed by atoms with Crippen molar-refractivity contribution in [2.45, 2.75) is 64.7 Å². The highest BCUT2D eigenvalue weighted by Gasteiger charge is 2.05. The van der Waals surface area contributed by atoms with Gasteiger partial charge in [0.1, 0.15) is 11.5 Å². The number of carbonyl (C=O) groups excluding carboxylic acids is 1. The Hall–Kier alpha value is -2.20. The Morgan fingerprint density at radius 1 is 0.677 bits per heavy atom. The van der Waals surface area contributed by atoms with Gasteiger partial charge < -0.3 is 14.2 Å². The van der Waals surface area contributed by atoms with Gasteiger partial charge in [0, 0.05) is 5.02 Å². The van der Waals surface area contributed by atoms with Crippen molar-refractivity contribution in [1.29, 1.82) is 0 Å². The number of ether oxygens (including phenoxy) is 3. The van der Waals surface area contributed by atoms with Crippen LogP contribution in [-0.4, -0.2) is 25.8 Å².